The van der Waals surface area contributed by atoms with E-state index in [2.05, 4.69) is 5.32 Å². The molecule has 2 aromatic carbocycles. The van der Waals surface area contributed by atoms with Crippen molar-refractivity contribution in [1.29, 1.82) is 0 Å². The minimum atomic E-state index is -1.05. The van der Waals surface area contributed by atoms with Crippen LogP contribution in [0.25, 0.3) is 0 Å². The summed E-state index contributed by atoms with van der Waals surface area (Å²) in [6, 6.07) is 14.1. The summed E-state index contributed by atoms with van der Waals surface area (Å²) in [5, 5.41) is 3.47. The Balaban J connectivity index is 1.51. The SMILES string of the molecule is CC(c1ccc(Cl)cc1)N(C)C(=O)CN1C(=O)NC2(CCc3ccccc32)C1=O. The number of rotatable bonds is 4. The quantitative estimate of drug-likeness (QED) is 0.785. The highest BCUT2D eigenvalue weighted by molar-refractivity contribution is 6.30. The third kappa shape index (κ3) is 3.17. The van der Waals surface area contributed by atoms with Gasteiger partial charge in [0.25, 0.3) is 5.91 Å². The number of imide groups is 1. The molecule has 1 aliphatic carbocycles. The van der Waals surface area contributed by atoms with Crippen molar-refractivity contribution in [3.8, 4) is 0 Å². The van der Waals surface area contributed by atoms with Crippen molar-refractivity contribution < 1.29 is 14.4 Å². The number of amides is 4. The van der Waals surface area contributed by atoms with Gasteiger partial charge in [0.15, 0.2) is 0 Å². The maximum absolute atomic E-state index is 13.2. The van der Waals surface area contributed by atoms with Crippen molar-refractivity contribution in [3.05, 3.63) is 70.2 Å². The molecule has 2 atom stereocenters. The zero-order valence-corrected chi connectivity index (χ0v) is 17.1. The van der Waals surface area contributed by atoms with Crippen LogP contribution >= 0.6 is 11.6 Å². The van der Waals surface area contributed by atoms with Gasteiger partial charge in [-0.3, -0.25) is 14.5 Å². The lowest BCUT2D eigenvalue weighted by atomic mass is 9.92. The summed E-state index contributed by atoms with van der Waals surface area (Å²) in [6.07, 6.45) is 1.23. The van der Waals surface area contributed by atoms with Crippen LogP contribution in [-0.2, 0) is 21.5 Å². The summed E-state index contributed by atoms with van der Waals surface area (Å²) in [7, 11) is 1.67. The van der Waals surface area contributed by atoms with Crippen molar-refractivity contribution in [3.63, 3.8) is 0 Å². The molecule has 7 heteroatoms. The van der Waals surface area contributed by atoms with Gasteiger partial charge in [-0.1, -0.05) is 48.0 Å². The van der Waals surface area contributed by atoms with E-state index in [1.165, 1.54) is 4.90 Å². The number of nitrogens with one attached hydrogen (secondary N) is 1. The minimum Gasteiger partial charge on any atom is -0.337 e. The van der Waals surface area contributed by atoms with E-state index in [-0.39, 0.29) is 24.4 Å². The maximum atomic E-state index is 13.2. The largest absolute Gasteiger partial charge is 0.337 e. The molecule has 0 bridgehead atoms. The van der Waals surface area contributed by atoms with E-state index in [0.717, 1.165) is 28.0 Å². The van der Waals surface area contributed by atoms with Gasteiger partial charge in [0.05, 0.1) is 6.04 Å². The fourth-order valence-electron chi connectivity index (χ4n) is 4.16. The van der Waals surface area contributed by atoms with Crippen LogP contribution in [0.4, 0.5) is 4.79 Å². The zero-order chi connectivity index (χ0) is 20.8. The first kappa shape index (κ1) is 19.5. The molecule has 0 aromatic heterocycles. The molecule has 1 heterocycles. The minimum absolute atomic E-state index is 0.221. The van der Waals surface area contributed by atoms with E-state index in [1.54, 1.807) is 19.2 Å². The van der Waals surface area contributed by atoms with Crippen LogP contribution in [0.1, 0.15) is 36.1 Å². The summed E-state index contributed by atoms with van der Waals surface area (Å²) in [4.78, 5) is 41.2. The highest BCUT2D eigenvalue weighted by Crippen LogP contribution is 2.41. The summed E-state index contributed by atoms with van der Waals surface area (Å²) in [5.41, 5.74) is 1.76. The number of aryl methyl sites for hydroxylation is 1. The van der Waals surface area contributed by atoms with Gasteiger partial charge >= 0.3 is 6.03 Å². The predicted octanol–water partition coefficient (Wildman–Crippen LogP) is 3.25. The van der Waals surface area contributed by atoms with Crippen LogP contribution < -0.4 is 5.32 Å². The molecular weight excluding hydrogens is 390 g/mol. The first-order valence-electron chi connectivity index (χ1n) is 9.57. The number of carbonyl (C=O) groups excluding carboxylic acids is 3. The number of nitrogens with zero attached hydrogens (tertiary/aromatic N) is 2. The normalized spacial score (nSPS) is 21.3. The number of halogens is 1. The molecular formula is C22H22ClN3O3. The highest BCUT2D eigenvalue weighted by atomic mass is 35.5. The van der Waals surface area contributed by atoms with Crippen LogP contribution in [0.2, 0.25) is 5.02 Å². The first-order chi connectivity index (χ1) is 13.8. The van der Waals surface area contributed by atoms with Crippen molar-refractivity contribution in [2.45, 2.75) is 31.3 Å². The Morgan fingerprint density at radius 1 is 1.21 bits per heavy atom. The fourth-order valence-corrected chi connectivity index (χ4v) is 4.29. The topological polar surface area (TPSA) is 69.7 Å². The molecule has 1 saturated heterocycles. The van der Waals surface area contributed by atoms with Gasteiger partial charge in [0, 0.05) is 12.1 Å². The van der Waals surface area contributed by atoms with Crippen LogP contribution in [0, 0.1) is 0 Å². The highest BCUT2D eigenvalue weighted by Gasteiger charge is 2.55. The van der Waals surface area contributed by atoms with Crippen molar-refractivity contribution in [2.75, 3.05) is 13.6 Å². The number of hydrogen-bond donors (Lipinski definition) is 1. The molecule has 4 amide bonds. The summed E-state index contributed by atoms with van der Waals surface area (Å²) in [5.74, 6) is -0.660. The lowest BCUT2D eigenvalue weighted by Gasteiger charge is -2.27. The Morgan fingerprint density at radius 3 is 2.62 bits per heavy atom. The zero-order valence-electron chi connectivity index (χ0n) is 16.3. The number of carbonyl (C=O) groups is 3. The second kappa shape index (κ2) is 7.19. The smallest absolute Gasteiger partial charge is 0.325 e. The van der Waals surface area contributed by atoms with Gasteiger partial charge < -0.3 is 10.2 Å². The summed E-state index contributed by atoms with van der Waals surface area (Å²) < 4.78 is 0. The van der Waals surface area contributed by atoms with E-state index in [4.69, 9.17) is 11.6 Å². The van der Waals surface area contributed by atoms with Gasteiger partial charge in [-0.05, 0) is 48.6 Å². The number of urea groups is 1. The van der Waals surface area contributed by atoms with Gasteiger partial charge in [-0.2, -0.15) is 0 Å². The fraction of sp³-hybridized carbons (Fsp3) is 0.318. The Labute approximate surface area is 174 Å². The number of hydrogen-bond acceptors (Lipinski definition) is 3. The molecule has 1 spiro atoms. The molecule has 2 aliphatic rings. The third-order valence-corrected chi connectivity index (χ3v) is 6.29. The molecule has 1 fully saturated rings. The van der Waals surface area contributed by atoms with E-state index < -0.39 is 11.6 Å². The van der Waals surface area contributed by atoms with E-state index in [0.29, 0.717) is 11.4 Å². The predicted molar refractivity (Wildman–Crippen MR) is 109 cm³/mol. The average molecular weight is 412 g/mol. The third-order valence-electron chi connectivity index (χ3n) is 6.04. The lowest BCUT2D eigenvalue weighted by molar-refractivity contribution is -0.139. The van der Waals surface area contributed by atoms with Gasteiger partial charge in [-0.15, -0.1) is 0 Å². The van der Waals surface area contributed by atoms with Crippen molar-refractivity contribution in [2.24, 2.45) is 0 Å². The Morgan fingerprint density at radius 2 is 1.90 bits per heavy atom. The molecule has 2 aromatic rings. The molecule has 6 nitrogen and oxygen atoms in total. The Bertz CT molecular complexity index is 991. The van der Waals surface area contributed by atoms with Crippen LogP contribution in [0.3, 0.4) is 0 Å². The second-order valence-corrected chi connectivity index (χ2v) is 8.05. The number of likely N-dealkylation sites (N-methyl/N-ethyl adjacent to an activating group) is 1. The molecule has 1 aliphatic heterocycles. The maximum Gasteiger partial charge on any atom is 0.325 e. The number of fused-ring (bicyclic) bond motifs is 2. The molecule has 4 rings (SSSR count). The monoisotopic (exact) mass is 411 g/mol. The Kier molecular flexibility index (Phi) is 4.82. The standard InChI is InChI=1S/C22H22ClN3O3/c1-14(15-7-9-17(23)10-8-15)25(2)19(27)13-26-20(28)22(24-21(26)29)12-11-16-5-3-4-6-18(16)22/h3-10,14H,11-13H2,1-2H3,(H,24,29). The molecule has 0 saturated carbocycles. The summed E-state index contributed by atoms with van der Waals surface area (Å²) in [6.45, 7) is 1.60. The number of benzene rings is 2. The van der Waals surface area contributed by atoms with Crippen LogP contribution in [0.5, 0.6) is 0 Å². The molecule has 1 N–H and O–H groups in total. The van der Waals surface area contributed by atoms with Crippen LogP contribution in [0.15, 0.2) is 48.5 Å². The molecule has 2 unspecified atom stereocenters. The van der Waals surface area contributed by atoms with Crippen molar-refractivity contribution >= 4 is 29.4 Å². The van der Waals surface area contributed by atoms with Gasteiger partial charge in [0.1, 0.15) is 12.1 Å². The van der Waals surface area contributed by atoms with E-state index >= 15 is 0 Å². The van der Waals surface area contributed by atoms with E-state index in [9.17, 15) is 14.4 Å². The van der Waals surface area contributed by atoms with Crippen LogP contribution in [-0.4, -0.2) is 41.2 Å². The molecule has 0 radical (unpaired) electrons. The van der Waals surface area contributed by atoms with Gasteiger partial charge in [0.2, 0.25) is 5.91 Å². The lowest BCUT2D eigenvalue weighted by Crippen LogP contribution is -2.44. The van der Waals surface area contributed by atoms with Crippen molar-refractivity contribution in [1.82, 2.24) is 15.1 Å². The molecule has 150 valence electrons. The average Bonchev–Trinajstić information content (AvgIpc) is 3.21. The van der Waals surface area contributed by atoms with E-state index in [1.807, 2.05) is 43.3 Å². The Hall–Kier alpha value is -2.86. The summed E-state index contributed by atoms with van der Waals surface area (Å²) >= 11 is 5.93. The molecule has 29 heavy (non-hydrogen) atoms. The first-order valence-corrected chi connectivity index (χ1v) is 9.95. The second-order valence-electron chi connectivity index (χ2n) is 7.62. The van der Waals surface area contributed by atoms with Gasteiger partial charge in [-0.25, -0.2) is 4.79 Å².